The number of carbonyl (C=O) groups excluding carboxylic acids is 1. The number of methoxy groups -OCH3 is 1. The first-order chi connectivity index (χ1) is 9.45. The Kier molecular flexibility index (Phi) is 6.68. The molecule has 0 saturated heterocycles. The van der Waals surface area contributed by atoms with Crippen molar-refractivity contribution < 1.29 is 9.53 Å². The van der Waals surface area contributed by atoms with Crippen LogP contribution in [0.25, 0.3) is 0 Å². The second-order valence-corrected chi connectivity index (χ2v) is 5.59. The Labute approximate surface area is 122 Å². The first kappa shape index (κ1) is 16.7. The lowest BCUT2D eigenvalue weighted by Gasteiger charge is -2.28. The molecule has 0 radical (unpaired) electrons. The van der Waals surface area contributed by atoms with Crippen LogP contribution in [-0.4, -0.2) is 44.7 Å². The fraction of sp³-hybridized carbons (Fsp3) is 0.562. The van der Waals surface area contributed by atoms with Gasteiger partial charge in [0.15, 0.2) is 0 Å². The third-order valence-corrected chi connectivity index (χ3v) is 3.49. The van der Waals surface area contributed by atoms with Crippen molar-refractivity contribution in [1.82, 2.24) is 10.2 Å². The van der Waals surface area contributed by atoms with Crippen molar-refractivity contribution in [3.05, 3.63) is 35.4 Å². The number of carbonyl (C=O) groups is 1. The summed E-state index contributed by atoms with van der Waals surface area (Å²) in [5, 5.41) is 3.47. The minimum atomic E-state index is -0.294. The van der Waals surface area contributed by atoms with Crippen molar-refractivity contribution in [3.8, 4) is 0 Å². The van der Waals surface area contributed by atoms with Gasteiger partial charge in [-0.3, -0.25) is 0 Å². The molecular formula is C16H26N2O2. The van der Waals surface area contributed by atoms with E-state index in [1.807, 2.05) is 12.1 Å². The van der Waals surface area contributed by atoms with E-state index < -0.39 is 0 Å². The minimum Gasteiger partial charge on any atom is -0.465 e. The van der Waals surface area contributed by atoms with E-state index >= 15 is 0 Å². The topological polar surface area (TPSA) is 41.6 Å². The third-order valence-electron chi connectivity index (χ3n) is 3.49. The summed E-state index contributed by atoms with van der Waals surface area (Å²) in [7, 11) is 5.61. The van der Waals surface area contributed by atoms with Crippen LogP contribution >= 0.6 is 0 Å². The van der Waals surface area contributed by atoms with Gasteiger partial charge in [-0.15, -0.1) is 0 Å². The van der Waals surface area contributed by atoms with Gasteiger partial charge in [0.25, 0.3) is 0 Å². The Hall–Kier alpha value is -1.39. The zero-order chi connectivity index (χ0) is 15.1. The molecule has 1 unspecified atom stereocenters. The van der Waals surface area contributed by atoms with Gasteiger partial charge in [-0.25, -0.2) is 4.79 Å². The van der Waals surface area contributed by atoms with Gasteiger partial charge < -0.3 is 15.0 Å². The molecule has 0 amide bonds. The second-order valence-electron chi connectivity index (χ2n) is 5.59. The maximum Gasteiger partial charge on any atom is 0.337 e. The number of esters is 1. The number of hydrogen-bond donors (Lipinski definition) is 1. The summed E-state index contributed by atoms with van der Waals surface area (Å²) in [6.07, 6.45) is 0. The summed E-state index contributed by atoms with van der Waals surface area (Å²) < 4.78 is 4.68. The molecule has 0 aromatic heterocycles. The van der Waals surface area contributed by atoms with Crippen LogP contribution in [0.5, 0.6) is 0 Å². The van der Waals surface area contributed by atoms with Crippen molar-refractivity contribution in [2.75, 3.05) is 27.7 Å². The molecule has 0 bridgehead atoms. The van der Waals surface area contributed by atoms with Gasteiger partial charge >= 0.3 is 5.97 Å². The minimum absolute atomic E-state index is 0.294. The average Bonchev–Trinajstić information content (AvgIpc) is 2.42. The molecule has 0 aliphatic heterocycles. The molecule has 112 valence electrons. The third kappa shape index (κ3) is 4.94. The molecule has 0 saturated carbocycles. The maximum atomic E-state index is 11.3. The van der Waals surface area contributed by atoms with Crippen molar-refractivity contribution in [2.24, 2.45) is 5.92 Å². The lowest BCUT2D eigenvalue weighted by atomic mass is 10.0. The number of benzene rings is 1. The average molecular weight is 278 g/mol. The number of likely N-dealkylation sites (N-methyl/N-ethyl adjacent to an activating group) is 1. The molecule has 1 aromatic rings. The van der Waals surface area contributed by atoms with Gasteiger partial charge in [0.1, 0.15) is 0 Å². The Morgan fingerprint density at radius 1 is 1.25 bits per heavy atom. The zero-order valence-electron chi connectivity index (χ0n) is 13.1. The molecule has 0 fully saturated rings. The normalized spacial score (nSPS) is 12.8. The molecule has 1 rings (SSSR count). The molecule has 4 nitrogen and oxygen atoms in total. The first-order valence-electron chi connectivity index (χ1n) is 7.00. The predicted octanol–water partition coefficient (Wildman–Crippen LogP) is 2.15. The van der Waals surface area contributed by atoms with Gasteiger partial charge in [0.05, 0.1) is 12.7 Å². The van der Waals surface area contributed by atoms with Crippen LogP contribution in [0.4, 0.5) is 0 Å². The van der Waals surface area contributed by atoms with Crippen molar-refractivity contribution >= 4 is 5.97 Å². The number of hydrogen-bond acceptors (Lipinski definition) is 4. The fourth-order valence-electron chi connectivity index (χ4n) is 2.26. The number of rotatable bonds is 7. The molecule has 4 heteroatoms. The van der Waals surface area contributed by atoms with Crippen LogP contribution in [0.3, 0.4) is 0 Å². The van der Waals surface area contributed by atoms with Crippen LogP contribution in [0, 0.1) is 5.92 Å². The van der Waals surface area contributed by atoms with Gasteiger partial charge in [0.2, 0.25) is 0 Å². The van der Waals surface area contributed by atoms with E-state index in [4.69, 9.17) is 0 Å². The van der Waals surface area contributed by atoms with E-state index in [0.29, 0.717) is 17.5 Å². The van der Waals surface area contributed by atoms with Crippen molar-refractivity contribution in [3.63, 3.8) is 0 Å². The Morgan fingerprint density at radius 2 is 1.85 bits per heavy atom. The molecular weight excluding hydrogens is 252 g/mol. The Morgan fingerprint density at radius 3 is 2.30 bits per heavy atom. The summed E-state index contributed by atoms with van der Waals surface area (Å²) in [6.45, 7) is 6.22. The highest BCUT2D eigenvalue weighted by Gasteiger charge is 2.14. The van der Waals surface area contributed by atoms with Crippen LogP contribution in [0.15, 0.2) is 24.3 Å². The molecule has 0 aliphatic rings. The smallest absolute Gasteiger partial charge is 0.337 e. The molecule has 0 heterocycles. The van der Waals surface area contributed by atoms with Gasteiger partial charge in [-0.1, -0.05) is 26.0 Å². The number of ether oxygens (including phenoxy) is 1. The van der Waals surface area contributed by atoms with E-state index in [1.54, 1.807) is 12.1 Å². The molecule has 0 spiro atoms. The SMILES string of the molecule is COC(=O)c1ccc(CNCC(C(C)C)N(C)C)cc1. The Balaban J connectivity index is 2.48. The predicted molar refractivity (Wildman–Crippen MR) is 81.8 cm³/mol. The van der Waals surface area contributed by atoms with Crippen molar-refractivity contribution in [1.29, 1.82) is 0 Å². The molecule has 1 aromatic carbocycles. The molecule has 20 heavy (non-hydrogen) atoms. The lowest BCUT2D eigenvalue weighted by Crippen LogP contribution is -2.41. The van der Waals surface area contributed by atoms with E-state index in [2.05, 4.69) is 42.9 Å². The lowest BCUT2D eigenvalue weighted by molar-refractivity contribution is 0.0600. The van der Waals surface area contributed by atoms with E-state index in [9.17, 15) is 4.79 Å². The zero-order valence-corrected chi connectivity index (χ0v) is 13.1. The number of nitrogens with zero attached hydrogens (tertiary/aromatic N) is 1. The second kappa shape index (κ2) is 8.02. The van der Waals surface area contributed by atoms with E-state index in [0.717, 1.165) is 13.1 Å². The van der Waals surface area contributed by atoms with Crippen LogP contribution < -0.4 is 5.32 Å². The quantitative estimate of drug-likeness (QED) is 0.776. The molecule has 1 atom stereocenters. The highest BCUT2D eigenvalue weighted by Crippen LogP contribution is 2.08. The summed E-state index contributed by atoms with van der Waals surface area (Å²) in [5.74, 6) is 0.316. The monoisotopic (exact) mass is 278 g/mol. The first-order valence-corrected chi connectivity index (χ1v) is 7.00. The highest BCUT2D eigenvalue weighted by molar-refractivity contribution is 5.89. The fourth-order valence-corrected chi connectivity index (χ4v) is 2.26. The summed E-state index contributed by atoms with van der Waals surface area (Å²) in [6, 6.07) is 8.03. The highest BCUT2D eigenvalue weighted by atomic mass is 16.5. The van der Waals surface area contributed by atoms with Crippen LogP contribution in [0.1, 0.15) is 29.8 Å². The number of nitrogens with one attached hydrogen (secondary N) is 1. The van der Waals surface area contributed by atoms with Crippen LogP contribution in [-0.2, 0) is 11.3 Å². The maximum absolute atomic E-state index is 11.3. The summed E-state index contributed by atoms with van der Waals surface area (Å²) in [5.41, 5.74) is 1.75. The van der Waals surface area contributed by atoms with Crippen molar-refractivity contribution in [2.45, 2.75) is 26.4 Å². The largest absolute Gasteiger partial charge is 0.465 e. The summed E-state index contributed by atoms with van der Waals surface area (Å²) >= 11 is 0. The van der Waals surface area contributed by atoms with Gasteiger partial charge in [-0.05, 0) is 37.7 Å². The van der Waals surface area contributed by atoms with Gasteiger partial charge in [0, 0.05) is 19.1 Å². The standard InChI is InChI=1S/C16H26N2O2/c1-12(2)15(18(3)4)11-17-10-13-6-8-14(9-7-13)16(19)20-5/h6-9,12,15,17H,10-11H2,1-5H3. The summed E-state index contributed by atoms with van der Waals surface area (Å²) in [4.78, 5) is 13.6. The van der Waals surface area contributed by atoms with E-state index in [-0.39, 0.29) is 5.97 Å². The Bertz CT molecular complexity index is 405. The molecule has 0 aliphatic carbocycles. The van der Waals surface area contributed by atoms with Crippen LogP contribution in [0.2, 0.25) is 0 Å². The van der Waals surface area contributed by atoms with E-state index in [1.165, 1.54) is 12.7 Å². The van der Waals surface area contributed by atoms with Gasteiger partial charge in [-0.2, -0.15) is 0 Å². The molecule has 1 N–H and O–H groups in total.